The van der Waals surface area contributed by atoms with Crippen molar-refractivity contribution in [2.75, 3.05) is 13.2 Å². The third kappa shape index (κ3) is 6.09. The first-order valence-corrected chi connectivity index (χ1v) is 5.82. The van der Waals surface area contributed by atoms with E-state index < -0.39 is 6.36 Å². The fourth-order valence-corrected chi connectivity index (χ4v) is 2.11. The van der Waals surface area contributed by atoms with Gasteiger partial charge in [-0.1, -0.05) is 6.07 Å². The molecular formula is C10H14F3NOS. The molecule has 0 aliphatic heterocycles. The van der Waals surface area contributed by atoms with Crippen LogP contribution in [0.1, 0.15) is 11.8 Å². The summed E-state index contributed by atoms with van der Waals surface area (Å²) in [6.45, 7) is 1.79. The molecule has 6 heteroatoms. The first-order valence-electron chi connectivity index (χ1n) is 4.94. The van der Waals surface area contributed by atoms with Crippen LogP contribution in [0.4, 0.5) is 13.2 Å². The van der Waals surface area contributed by atoms with Gasteiger partial charge in [0.2, 0.25) is 0 Å². The highest BCUT2D eigenvalue weighted by Crippen LogP contribution is 2.15. The summed E-state index contributed by atoms with van der Waals surface area (Å²) in [5.74, 6) is 0. The molecule has 1 aromatic rings. The van der Waals surface area contributed by atoms with E-state index in [2.05, 4.69) is 10.1 Å². The van der Waals surface area contributed by atoms with Crippen LogP contribution in [-0.2, 0) is 11.2 Å². The van der Waals surface area contributed by atoms with Gasteiger partial charge < -0.3 is 5.32 Å². The molecule has 0 radical (unpaired) electrons. The fourth-order valence-electron chi connectivity index (χ4n) is 1.27. The molecule has 0 spiro atoms. The summed E-state index contributed by atoms with van der Waals surface area (Å²) in [6.07, 6.45) is -3.71. The smallest absolute Gasteiger partial charge is 0.312 e. The molecule has 92 valence electrons. The molecule has 0 aliphatic rings. The average molecular weight is 253 g/mol. The van der Waals surface area contributed by atoms with Gasteiger partial charge in [0.1, 0.15) is 0 Å². The highest BCUT2D eigenvalue weighted by Gasteiger charge is 2.28. The number of ether oxygens (including phenoxy) is 1. The number of rotatable bonds is 6. The van der Waals surface area contributed by atoms with E-state index >= 15 is 0 Å². The molecule has 1 rings (SSSR count). The Bertz CT molecular complexity index is 287. The predicted molar refractivity (Wildman–Crippen MR) is 57.5 cm³/mol. The summed E-state index contributed by atoms with van der Waals surface area (Å²) in [5, 5.41) is 4.96. The van der Waals surface area contributed by atoms with E-state index in [0.29, 0.717) is 0 Å². The first-order chi connectivity index (χ1) is 7.47. The molecule has 1 heterocycles. The maximum absolute atomic E-state index is 11.6. The maximum atomic E-state index is 11.6. The van der Waals surface area contributed by atoms with E-state index in [1.807, 2.05) is 24.4 Å². The van der Waals surface area contributed by atoms with Crippen LogP contribution in [0.25, 0.3) is 0 Å². The lowest BCUT2D eigenvalue weighted by Crippen LogP contribution is -2.32. The van der Waals surface area contributed by atoms with Gasteiger partial charge in [-0.25, -0.2) is 0 Å². The Kier molecular flexibility index (Phi) is 5.24. The summed E-state index contributed by atoms with van der Waals surface area (Å²) >= 11 is 1.64. The minimum Gasteiger partial charge on any atom is -0.312 e. The fraction of sp³-hybridized carbons (Fsp3) is 0.600. The minimum atomic E-state index is -4.53. The van der Waals surface area contributed by atoms with E-state index in [-0.39, 0.29) is 19.2 Å². The Morgan fingerprint density at radius 3 is 2.81 bits per heavy atom. The van der Waals surface area contributed by atoms with Crippen molar-refractivity contribution in [3.8, 4) is 0 Å². The molecular weight excluding hydrogens is 239 g/mol. The molecule has 1 N–H and O–H groups in total. The molecule has 0 amide bonds. The van der Waals surface area contributed by atoms with E-state index in [4.69, 9.17) is 0 Å². The van der Waals surface area contributed by atoms with Crippen molar-refractivity contribution >= 4 is 11.3 Å². The van der Waals surface area contributed by atoms with Gasteiger partial charge in [0.25, 0.3) is 0 Å². The van der Waals surface area contributed by atoms with E-state index in [9.17, 15) is 13.2 Å². The third-order valence-electron chi connectivity index (χ3n) is 1.95. The highest BCUT2D eigenvalue weighted by molar-refractivity contribution is 7.09. The summed E-state index contributed by atoms with van der Waals surface area (Å²) in [5.41, 5.74) is 0. The van der Waals surface area contributed by atoms with Crippen molar-refractivity contribution in [1.29, 1.82) is 0 Å². The number of halogens is 3. The van der Waals surface area contributed by atoms with E-state index in [1.54, 1.807) is 11.3 Å². The number of hydrogen-bond acceptors (Lipinski definition) is 3. The van der Waals surface area contributed by atoms with Crippen molar-refractivity contribution in [2.45, 2.75) is 25.7 Å². The lowest BCUT2D eigenvalue weighted by atomic mass is 10.2. The third-order valence-corrected chi connectivity index (χ3v) is 2.85. The minimum absolute atomic E-state index is 0.149. The maximum Gasteiger partial charge on any atom is 0.522 e. The Balaban J connectivity index is 2.09. The van der Waals surface area contributed by atoms with Gasteiger partial charge in [-0.2, -0.15) is 0 Å². The molecule has 1 atom stereocenters. The molecule has 16 heavy (non-hydrogen) atoms. The zero-order valence-corrected chi connectivity index (χ0v) is 9.70. The quantitative estimate of drug-likeness (QED) is 0.787. The Morgan fingerprint density at radius 2 is 2.25 bits per heavy atom. The molecule has 0 fully saturated rings. The van der Waals surface area contributed by atoms with Crippen LogP contribution in [0.15, 0.2) is 17.5 Å². The van der Waals surface area contributed by atoms with Crippen LogP contribution in [-0.4, -0.2) is 25.6 Å². The second-order valence-corrected chi connectivity index (χ2v) is 4.47. The van der Waals surface area contributed by atoms with Crippen LogP contribution >= 0.6 is 11.3 Å². The van der Waals surface area contributed by atoms with Gasteiger partial charge in [-0.05, 0) is 24.8 Å². The topological polar surface area (TPSA) is 21.3 Å². The highest BCUT2D eigenvalue weighted by atomic mass is 32.1. The average Bonchev–Trinajstić information content (AvgIpc) is 2.63. The summed E-state index contributed by atoms with van der Waals surface area (Å²) in [7, 11) is 0. The second kappa shape index (κ2) is 6.22. The molecule has 0 bridgehead atoms. The van der Waals surface area contributed by atoms with Crippen molar-refractivity contribution in [3.63, 3.8) is 0 Å². The second-order valence-electron chi connectivity index (χ2n) is 3.43. The summed E-state index contributed by atoms with van der Waals surface area (Å²) in [6, 6.07) is 4.12. The standard InChI is InChI=1S/C10H14F3NOS/c1-8(7-9-3-2-6-16-9)14-4-5-15-10(11,12)13/h2-3,6,8,14H,4-5,7H2,1H3. The monoisotopic (exact) mass is 253 g/mol. The van der Waals surface area contributed by atoms with Gasteiger partial charge in [-0.3, -0.25) is 4.74 Å². The molecule has 1 aromatic heterocycles. The molecule has 0 aliphatic carbocycles. The van der Waals surface area contributed by atoms with Crippen LogP contribution in [0.2, 0.25) is 0 Å². The zero-order valence-electron chi connectivity index (χ0n) is 8.88. The van der Waals surface area contributed by atoms with Gasteiger partial charge >= 0.3 is 6.36 Å². The normalized spacial score (nSPS) is 14.0. The largest absolute Gasteiger partial charge is 0.522 e. The molecule has 2 nitrogen and oxygen atoms in total. The number of thiophene rings is 1. The van der Waals surface area contributed by atoms with Crippen molar-refractivity contribution < 1.29 is 17.9 Å². The zero-order chi connectivity index (χ0) is 12.0. The lowest BCUT2D eigenvalue weighted by Gasteiger charge is -2.13. The summed E-state index contributed by atoms with van der Waals surface area (Å²) < 4.78 is 38.6. The Morgan fingerprint density at radius 1 is 1.50 bits per heavy atom. The van der Waals surface area contributed by atoms with Crippen molar-refractivity contribution in [2.24, 2.45) is 0 Å². The lowest BCUT2D eigenvalue weighted by molar-refractivity contribution is -0.323. The van der Waals surface area contributed by atoms with E-state index in [1.165, 1.54) is 4.88 Å². The number of alkyl halides is 3. The van der Waals surface area contributed by atoms with Gasteiger partial charge in [0.05, 0.1) is 6.61 Å². The van der Waals surface area contributed by atoms with Crippen LogP contribution in [0, 0.1) is 0 Å². The molecule has 0 saturated heterocycles. The Hall–Kier alpha value is -0.590. The predicted octanol–water partition coefficient (Wildman–Crippen LogP) is 2.81. The molecule has 0 saturated carbocycles. The van der Waals surface area contributed by atoms with Gasteiger partial charge in [0.15, 0.2) is 0 Å². The SMILES string of the molecule is CC(Cc1cccs1)NCCOC(F)(F)F. The molecule has 0 aromatic carbocycles. The van der Waals surface area contributed by atoms with Crippen molar-refractivity contribution in [1.82, 2.24) is 5.32 Å². The van der Waals surface area contributed by atoms with E-state index in [0.717, 1.165) is 6.42 Å². The van der Waals surface area contributed by atoms with Gasteiger partial charge in [0, 0.05) is 17.5 Å². The van der Waals surface area contributed by atoms with Crippen LogP contribution < -0.4 is 5.32 Å². The molecule has 1 unspecified atom stereocenters. The van der Waals surface area contributed by atoms with Crippen LogP contribution in [0.3, 0.4) is 0 Å². The van der Waals surface area contributed by atoms with Crippen molar-refractivity contribution in [3.05, 3.63) is 22.4 Å². The number of hydrogen-bond donors (Lipinski definition) is 1. The Labute approximate surface area is 96.4 Å². The van der Waals surface area contributed by atoms with Crippen LogP contribution in [0.5, 0.6) is 0 Å². The number of nitrogens with one attached hydrogen (secondary N) is 1. The van der Waals surface area contributed by atoms with Gasteiger partial charge in [-0.15, -0.1) is 24.5 Å². The first kappa shape index (κ1) is 13.5. The summed E-state index contributed by atoms with van der Waals surface area (Å²) in [4.78, 5) is 1.22.